The summed E-state index contributed by atoms with van der Waals surface area (Å²) in [4.78, 5) is 4.34. The van der Waals surface area contributed by atoms with Gasteiger partial charge in [0.25, 0.3) is 0 Å². The lowest BCUT2D eigenvalue weighted by Crippen LogP contribution is -2.21. The quantitative estimate of drug-likeness (QED) is 0.887. The van der Waals surface area contributed by atoms with E-state index in [4.69, 9.17) is 23.2 Å². The van der Waals surface area contributed by atoms with Crippen LogP contribution in [-0.2, 0) is 13.0 Å². The first kappa shape index (κ1) is 15.3. The predicted molar refractivity (Wildman–Crippen MR) is 82.3 cm³/mol. The minimum absolute atomic E-state index is 0.103. The zero-order valence-electron chi connectivity index (χ0n) is 11.6. The van der Waals surface area contributed by atoms with Gasteiger partial charge < -0.3 is 5.32 Å². The lowest BCUT2D eigenvalue weighted by molar-refractivity contribution is 0.517. The van der Waals surface area contributed by atoms with Gasteiger partial charge >= 0.3 is 0 Å². The van der Waals surface area contributed by atoms with Crippen molar-refractivity contribution in [2.45, 2.75) is 32.4 Å². The zero-order valence-corrected chi connectivity index (χ0v) is 13.1. The van der Waals surface area contributed by atoms with Crippen molar-refractivity contribution in [2.75, 3.05) is 7.05 Å². The van der Waals surface area contributed by atoms with Gasteiger partial charge in [-0.25, -0.2) is 4.98 Å². The molecule has 0 saturated heterocycles. The number of aromatic nitrogens is 3. The molecule has 2 aromatic rings. The number of likely N-dealkylation sites (N-methyl/N-ethyl adjacent to an activating group) is 1. The van der Waals surface area contributed by atoms with Crippen LogP contribution in [0.5, 0.6) is 0 Å². The van der Waals surface area contributed by atoms with E-state index >= 15 is 0 Å². The Morgan fingerprint density at radius 3 is 2.55 bits per heavy atom. The van der Waals surface area contributed by atoms with E-state index in [0.29, 0.717) is 10.0 Å². The summed E-state index contributed by atoms with van der Waals surface area (Å²) in [5.41, 5.74) is 1.05. The average molecular weight is 313 g/mol. The van der Waals surface area contributed by atoms with Crippen LogP contribution in [0.15, 0.2) is 24.5 Å². The number of nitrogens with zero attached hydrogens (tertiary/aromatic N) is 3. The predicted octanol–water partition coefficient (Wildman–Crippen LogP) is 3.50. The van der Waals surface area contributed by atoms with Gasteiger partial charge in [0.15, 0.2) is 0 Å². The third-order valence-corrected chi connectivity index (χ3v) is 3.59. The third kappa shape index (κ3) is 3.72. The Morgan fingerprint density at radius 1 is 1.25 bits per heavy atom. The molecule has 6 heteroatoms. The van der Waals surface area contributed by atoms with Crippen LogP contribution in [0, 0.1) is 0 Å². The highest BCUT2D eigenvalue weighted by Gasteiger charge is 2.15. The number of hydrogen-bond acceptors (Lipinski definition) is 3. The maximum Gasteiger partial charge on any atom is 0.138 e. The second-order valence-electron chi connectivity index (χ2n) is 4.65. The van der Waals surface area contributed by atoms with Crippen LogP contribution in [0.2, 0.25) is 10.0 Å². The molecule has 0 aliphatic heterocycles. The molecule has 1 heterocycles. The first-order valence-corrected chi connectivity index (χ1v) is 7.39. The zero-order chi connectivity index (χ0) is 14.5. The van der Waals surface area contributed by atoms with Gasteiger partial charge in [-0.2, -0.15) is 5.10 Å². The fourth-order valence-corrected chi connectivity index (χ4v) is 2.73. The Kier molecular flexibility index (Phi) is 5.40. The number of aryl methyl sites for hydroxylation is 1. The lowest BCUT2D eigenvalue weighted by atomic mass is 10.0. The Bertz CT molecular complexity index is 548. The molecule has 0 amide bonds. The van der Waals surface area contributed by atoms with Gasteiger partial charge in [0, 0.05) is 29.1 Å². The summed E-state index contributed by atoms with van der Waals surface area (Å²) >= 11 is 12.1. The van der Waals surface area contributed by atoms with E-state index in [1.807, 2.05) is 23.9 Å². The molecule has 1 aromatic heterocycles. The van der Waals surface area contributed by atoms with Crippen LogP contribution in [0.4, 0.5) is 0 Å². The van der Waals surface area contributed by atoms with E-state index in [9.17, 15) is 0 Å². The first-order chi connectivity index (χ1) is 9.63. The summed E-state index contributed by atoms with van der Waals surface area (Å²) in [6, 6.07) is 5.69. The third-order valence-electron chi connectivity index (χ3n) is 3.15. The van der Waals surface area contributed by atoms with E-state index in [0.717, 1.165) is 30.8 Å². The van der Waals surface area contributed by atoms with E-state index in [-0.39, 0.29) is 6.04 Å². The monoisotopic (exact) mass is 312 g/mol. The number of benzene rings is 1. The molecule has 2 rings (SSSR count). The highest BCUT2D eigenvalue weighted by atomic mass is 35.5. The Labute approximate surface area is 129 Å². The molecule has 1 unspecified atom stereocenters. The number of rotatable bonds is 6. The molecule has 1 aromatic carbocycles. The van der Waals surface area contributed by atoms with Crippen molar-refractivity contribution in [1.29, 1.82) is 0 Å². The second-order valence-corrected chi connectivity index (χ2v) is 5.52. The highest BCUT2D eigenvalue weighted by molar-refractivity contribution is 6.34. The van der Waals surface area contributed by atoms with E-state index in [1.54, 1.807) is 12.4 Å². The smallest absolute Gasteiger partial charge is 0.138 e. The fraction of sp³-hybridized carbons (Fsp3) is 0.429. The molecule has 1 N–H and O–H groups in total. The SMILES string of the molecule is CCCn1ncnc1CC(NC)c1cc(Cl)cc(Cl)c1. The molecule has 0 spiro atoms. The van der Waals surface area contributed by atoms with Crippen LogP contribution >= 0.6 is 23.2 Å². The summed E-state index contributed by atoms with van der Waals surface area (Å²) in [5.74, 6) is 0.960. The van der Waals surface area contributed by atoms with Gasteiger partial charge in [0.05, 0.1) is 0 Å². The normalized spacial score (nSPS) is 12.6. The summed E-state index contributed by atoms with van der Waals surface area (Å²) in [5, 5.41) is 8.81. The summed E-state index contributed by atoms with van der Waals surface area (Å²) in [6.45, 7) is 3.00. The topological polar surface area (TPSA) is 42.7 Å². The van der Waals surface area contributed by atoms with Gasteiger partial charge in [0.1, 0.15) is 12.2 Å². The summed E-state index contributed by atoms with van der Waals surface area (Å²) in [7, 11) is 1.92. The van der Waals surface area contributed by atoms with Gasteiger partial charge in [-0.1, -0.05) is 30.1 Å². The van der Waals surface area contributed by atoms with Crippen molar-refractivity contribution in [3.05, 3.63) is 46.0 Å². The molecule has 20 heavy (non-hydrogen) atoms. The lowest BCUT2D eigenvalue weighted by Gasteiger charge is -2.17. The Balaban J connectivity index is 2.22. The van der Waals surface area contributed by atoms with Crippen molar-refractivity contribution < 1.29 is 0 Å². The van der Waals surface area contributed by atoms with E-state index in [1.165, 1.54) is 0 Å². The van der Waals surface area contributed by atoms with Crippen LogP contribution in [0.1, 0.15) is 30.8 Å². The van der Waals surface area contributed by atoms with E-state index < -0.39 is 0 Å². The van der Waals surface area contributed by atoms with Crippen LogP contribution in [0.25, 0.3) is 0 Å². The maximum atomic E-state index is 6.07. The molecule has 0 aliphatic rings. The molecule has 0 bridgehead atoms. The molecule has 1 atom stereocenters. The van der Waals surface area contributed by atoms with Crippen LogP contribution < -0.4 is 5.32 Å². The second kappa shape index (κ2) is 7.07. The number of halogens is 2. The van der Waals surface area contributed by atoms with Gasteiger partial charge in [-0.15, -0.1) is 0 Å². The average Bonchev–Trinajstić information content (AvgIpc) is 2.82. The number of nitrogens with one attached hydrogen (secondary N) is 1. The van der Waals surface area contributed by atoms with Crippen molar-refractivity contribution in [2.24, 2.45) is 0 Å². The Morgan fingerprint density at radius 2 is 1.95 bits per heavy atom. The molecular weight excluding hydrogens is 295 g/mol. The van der Waals surface area contributed by atoms with Crippen molar-refractivity contribution >= 4 is 23.2 Å². The van der Waals surface area contributed by atoms with Crippen molar-refractivity contribution in [1.82, 2.24) is 20.1 Å². The largest absolute Gasteiger partial charge is 0.313 e. The fourth-order valence-electron chi connectivity index (χ4n) is 2.19. The molecule has 0 radical (unpaired) electrons. The van der Waals surface area contributed by atoms with E-state index in [2.05, 4.69) is 22.3 Å². The van der Waals surface area contributed by atoms with Crippen LogP contribution in [0.3, 0.4) is 0 Å². The highest BCUT2D eigenvalue weighted by Crippen LogP contribution is 2.25. The Hall–Kier alpha value is -1.10. The minimum atomic E-state index is 0.103. The maximum absolute atomic E-state index is 6.07. The van der Waals surface area contributed by atoms with Gasteiger partial charge in [-0.3, -0.25) is 4.68 Å². The summed E-state index contributed by atoms with van der Waals surface area (Å²) in [6.07, 6.45) is 3.37. The summed E-state index contributed by atoms with van der Waals surface area (Å²) < 4.78 is 1.94. The first-order valence-electron chi connectivity index (χ1n) is 6.64. The molecule has 0 aliphatic carbocycles. The minimum Gasteiger partial charge on any atom is -0.313 e. The standard InChI is InChI=1S/C14H18Cl2N4/c1-3-4-20-14(18-9-19-20)8-13(17-2)10-5-11(15)7-12(16)6-10/h5-7,9,13,17H,3-4,8H2,1-2H3. The molecular formula is C14H18Cl2N4. The molecule has 0 saturated carbocycles. The molecule has 0 fully saturated rings. The van der Waals surface area contributed by atoms with Crippen molar-refractivity contribution in [3.63, 3.8) is 0 Å². The van der Waals surface area contributed by atoms with Gasteiger partial charge in [0.2, 0.25) is 0 Å². The number of hydrogen-bond donors (Lipinski definition) is 1. The van der Waals surface area contributed by atoms with Gasteiger partial charge in [-0.05, 0) is 37.2 Å². The molecule has 4 nitrogen and oxygen atoms in total. The molecule has 108 valence electrons. The van der Waals surface area contributed by atoms with Crippen LogP contribution in [-0.4, -0.2) is 21.8 Å². The van der Waals surface area contributed by atoms with Crippen molar-refractivity contribution in [3.8, 4) is 0 Å².